The van der Waals surface area contributed by atoms with Gasteiger partial charge in [0.05, 0.1) is 22.4 Å². The Kier molecular flexibility index (Phi) is 9.92. The van der Waals surface area contributed by atoms with Gasteiger partial charge in [0.1, 0.15) is 0 Å². The topological polar surface area (TPSA) is 17.3 Å². The second-order valence-electron chi connectivity index (χ2n) is 18.1. The van der Waals surface area contributed by atoms with Crippen molar-refractivity contribution in [3.8, 4) is 16.8 Å². The molecule has 4 heteroatoms. The molecule has 0 spiro atoms. The first-order valence-electron chi connectivity index (χ1n) is 23.7. The van der Waals surface area contributed by atoms with Gasteiger partial charge in [-0.15, -0.1) is 22.7 Å². The van der Waals surface area contributed by atoms with Crippen LogP contribution in [-0.4, -0.2) is 10.3 Å². The quantitative estimate of drug-likeness (QED) is 0.122. The third-order valence-corrected chi connectivity index (χ3v) is 16.6. The summed E-state index contributed by atoms with van der Waals surface area (Å²) in [6.07, 6.45) is 2.79. The van der Waals surface area contributed by atoms with E-state index < -0.39 is 0 Å². The molecule has 0 N–H and O–H groups in total. The van der Waals surface area contributed by atoms with Crippen molar-refractivity contribution >= 4 is 118 Å². The summed E-state index contributed by atoms with van der Waals surface area (Å²) in [6, 6.07) is 76.1. The Morgan fingerprint density at radius 3 is 2.06 bits per heavy atom. The fourth-order valence-corrected chi connectivity index (χ4v) is 13.1. The summed E-state index contributed by atoms with van der Waals surface area (Å²) in [4.78, 5) is 5.75. The van der Waals surface area contributed by atoms with Crippen LogP contribution in [0.1, 0.15) is 48.8 Å². The maximum atomic E-state index is 5.75. The molecule has 324 valence electrons. The first kappa shape index (κ1) is 40.6. The number of hydrogen-bond acceptors (Lipinski definition) is 3. The summed E-state index contributed by atoms with van der Waals surface area (Å²) < 4.78 is 7.71. The Bertz CT molecular complexity index is 4160. The van der Waals surface area contributed by atoms with Gasteiger partial charge in [0.2, 0.25) is 0 Å². The van der Waals surface area contributed by atoms with E-state index in [1.807, 2.05) is 22.7 Å². The van der Waals surface area contributed by atoms with E-state index in [0.717, 1.165) is 47.5 Å². The van der Waals surface area contributed by atoms with Gasteiger partial charge in [-0.25, -0.2) is 0 Å². The molecule has 2 nitrogen and oxygen atoms in total. The first-order valence-corrected chi connectivity index (χ1v) is 25.3. The predicted molar refractivity (Wildman–Crippen MR) is 298 cm³/mol. The van der Waals surface area contributed by atoms with Crippen LogP contribution in [0.2, 0.25) is 0 Å². The zero-order chi connectivity index (χ0) is 45.3. The Hall–Kier alpha value is -7.63. The van der Waals surface area contributed by atoms with Gasteiger partial charge >= 0.3 is 0 Å². The number of fused-ring (bicyclic) bond motifs is 12. The third kappa shape index (κ3) is 6.86. The fraction of sp³-hybridized carbons (Fsp3) is 0.0781. The molecule has 13 rings (SSSR count). The molecule has 0 saturated carbocycles. The van der Waals surface area contributed by atoms with Crippen LogP contribution in [0.4, 0.5) is 0 Å². The normalized spacial score (nSPS) is 12.8. The molecule has 0 amide bonds. The second kappa shape index (κ2) is 16.6. The Morgan fingerprint density at radius 1 is 0.500 bits per heavy atom. The molecule has 68 heavy (non-hydrogen) atoms. The minimum absolute atomic E-state index is 0.361. The zero-order valence-corrected chi connectivity index (χ0v) is 39.4. The lowest BCUT2D eigenvalue weighted by Gasteiger charge is -2.19. The monoisotopic (exact) mass is 906 g/mol. The molecule has 0 aliphatic heterocycles. The summed E-state index contributed by atoms with van der Waals surface area (Å²) in [5, 5.41) is 12.7. The molecule has 1 atom stereocenters. The van der Waals surface area contributed by atoms with Gasteiger partial charge in [-0.1, -0.05) is 165 Å². The maximum Gasteiger partial charge on any atom is 0.0655 e. The fourth-order valence-electron chi connectivity index (χ4n) is 10.8. The van der Waals surface area contributed by atoms with Gasteiger partial charge in [-0.3, -0.25) is 4.99 Å². The van der Waals surface area contributed by atoms with Crippen LogP contribution in [0, 0.1) is 0 Å². The van der Waals surface area contributed by atoms with Gasteiger partial charge in [0, 0.05) is 62.4 Å². The van der Waals surface area contributed by atoms with Gasteiger partial charge in [-0.2, -0.15) is 0 Å². The number of nitrogens with zero attached hydrogens (tertiary/aromatic N) is 2. The van der Waals surface area contributed by atoms with Crippen molar-refractivity contribution in [2.24, 2.45) is 4.99 Å². The smallest absolute Gasteiger partial charge is 0.0655 e. The van der Waals surface area contributed by atoms with E-state index in [1.54, 1.807) is 0 Å². The number of hydrogen-bond donors (Lipinski definition) is 0. The van der Waals surface area contributed by atoms with Crippen molar-refractivity contribution < 1.29 is 0 Å². The van der Waals surface area contributed by atoms with Gasteiger partial charge in [-0.05, 0) is 124 Å². The zero-order valence-electron chi connectivity index (χ0n) is 37.7. The van der Waals surface area contributed by atoms with Crippen LogP contribution < -0.4 is 0 Å². The maximum absolute atomic E-state index is 5.75. The highest BCUT2D eigenvalue weighted by Gasteiger charge is 2.22. The standard InChI is InChI=1S/C64H46N2S2/c1-3-41(47-30-33-62-55(36-47)51-25-12-14-27-61(51)67-62)29-32-57(48-22-15-21-44(34-48)42-16-5-4-6-17-42)65-40(2)53-38-56-52-31-28-43-18-9-10-23-49(43)64(52)68-63(56)39-60(53)66-58-26-13-11-24-50(58)54-35-45-19-7-8-20-46(45)37-59(54)66/h4-28,30-31,33-39,41H,2-3,29,32H2,1H3. The van der Waals surface area contributed by atoms with Crippen LogP contribution in [0.5, 0.6) is 0 Å². The van der Waals surface area contributed by atoms with Crippen molar-refractivity contribution in [1.29, 1.82) is 0 Å². The number of para-hydroxylation sites is 1. The van der Waals surface area contributed by atoms with E-state index in [-0.39, 0.29) is 0 Å². The Labute approximate surface area is 403 Å². The number of thiophene rings is 2. The van der Waals surface area contributed by atoms with E-state index in [1.165, 1.54) is 100 Å². The molecule has 0 bridgehead atoms. The number of aliphatic imine (C=N–C) groups is 1. The van der Waals surface area contributed by atoms with Crippen molar-refractivity contribution in [2.45, 2.75) is 32.1 Å². The lowest BCUT2D eigenvalue weighted by Crippen LogP contribution is -2.07. The van der Waals surface area contributed by atoms with Gasteiger partial charge in [0.15, 0.2) is 0 Å². The molecule has 13 aromatic rings. The molecule has 3 aromatic heterocycles. The van der Waals surface area contributed by atoms with Crippen molar-refractivity contribution in [3.63, 3.8) is 0 Å². The Morgan fingerprint density at radius 2 is 1.21 bits per heavy atom. The molecule has 3 heterocycles. The lowest BCUT2D eigenvalue weighted by molar-refractivity contribution is 0.622. The average molecular weight is 907 g/mol. The van der Waals surface area contributed by atoms with Crippen molar-refractivity contribution in [2.75, 3.05) is 0 Å². The van der Waals surface area contributed by atoms with Crippen LogP contribution >= 0.6 is 22.7 Å². The molecule has 1 unspecified atom stereocenters. The van der Waals surface area contributed by atoms with Crippen molar-refractivity contribution in [3.05, 3.63) is 230 Å². The highest BCUT2D eigenvalue weighted by atomic mass is 32.1. The minimum Gasteiger partial charge on any atom is -0.308 e. The first-order chi connectivity index (χ1) is 33.6. The summed E-state index contributed by atoms with van der Waals surface area (Å²) >= 11 is 3.76. The number of rotatable bonds is 10. The van der Waals surface area contributed by atoms with Crippen LogP contribution in [0.25, 0.3) is 106 Å². The SMILES string of the molecule is C=C(N=C(CCC(CC)c1ccc2sc3ccccc3c2c1)c1cccc(-c2ccccc2)c1)c1cc2c(cc1-n1c3ccccc3c3cc4ccccc4cc31)sc1c3ccccc3ccc21. The molecule has 10 aromatic carbocycles. The van der Waals surface area contributed by atoms with E-state index in [4.69, 9.17) is 11.6 Å². The van der Waals surface area contributed by atoms with Gasteiger partial charge in [0.25, 0.3) is 0 Å². The predicted octanol–water partition coefficient (Wildman–Crippen LogP) is 18.9. The molecule has 0 aliphatic carbocycles. The molecule has 0 radical (unpaired) electrons. The Balaban J connectivity index is 1.01. The molecular formula is C64H46N2S2. The average Bonchev–Trinajstić information content (AvgIpc) is 4.06. The summed E-state index contributed by atoms with van der Waals surface area (Å²) in [7, 11) is 0. The van der Waals surface area contributed by atoms with E-state index in [0.29, 0.717) is 5.92 Å². The molecular weight excluding hydrogens is 861 g/mol. The third-order valence-electron chi connectivity index (χ3n) is 14.2. The van der Waals surface area contributed by atoms with E-state index in [2.05, 4.69) is 218 Å². The minimum atomic E-state index is 0.361. The second-order valence-corrected chi connectivity index (χ2v) is 20.3. The molecule has 0 aliphatic rings. The van der Waals surface area contributed by atoms with Crippen LogP contribution in [-0.2, 0) is 0 Å². The van der Waals surface area contributed by atoms with Crippen LogP contribution in [0.3, 0.4) is 0 Å². The summed E-state index contributed by atoms with van der Waals surface area (Å²) in [5.74, 6) is 0.361. The number of benzene rings is 10. The van der Waals surface area contributed by atoms with E-state index >= 15 is 0 Å². The molecule has 0 saturated heterocycles. The highest BCUT2D eigenvalue weighted by Crippen LogP contribution is 2.44. The van der Waals surface area contributed by atoms with Gasteiger partial charge < -0.3 is 4.57 Å². The van der Waals surface area contributed by atoms with E-state index in [9.17, 15) is 0 Å². The summed E-state index contributed by atoms with van der Waals surface area (Å²) in [5.41, 5.74) is 11.1. The molecule has 0 fully saturated rings. The lowest BCUT2D eigenvalue weighted by atomic mass is 9.88. The van der Waals surface area contributed by atoms with Crippen molar-refractivity contribution in [1.82, 2.24) is 4.57 Å². The number of aromatic nitrogens is 1. The largest absolute Gasteiger partial charge is 0.308 e. The highest BCUT2D eigenvalue weighted by molar-refractivity contribution is 7.26. The summed E-state index contributed by atoms with van der Waals surface area (Å²) in [6.45, 7) is 7.27. The van der Waals surface area contributed by atoms with Crippen LogP contribution in [0.15, 0.2) is 218 Å².